The van der Waals surface area contributed by atoms with E-state index in [0.717, 1.165) is 37.7 Å². The second-order valence-electron chi connectivity index (χ2n) is 14.5. The molecule has 4 N–H and O–H groups in total. The van der Waals surface area contributed by atoms with Crippen LogP contribution in [0.3, 0.4) is 0 Å². The molecule has 1 heterocycles. The minimum atomic E-state index is -1.64. The third kappa shape index (κ3) is 13.8. The van der Waals surface area contributed by atoms with Crippen LogP contribution in [0.2, 0.25) is 0 Å². The molecule has 3 rings (SSSR count). The zero-order valence-corrected chi connectivity index (χ0v) is 29.1. The first-order valence-electron chi connectivity index (χ1n) is 17.4. The Morgan fingerprint density at radius 1 is 1.02 bits per heavy atom. The molecule has 2 fully saturated rings. The summed E-state index contributed by atoms with van der Waals surface area (Å²) in [4.78, 5) is 66.2. The second kappa shape index (κ2) is 18.8. The Bertz CT molecular complexity index is 1210. The summed E-state index contributed by atoms with van der Waals surface area (Å²) in [5.41, 5.74) is -0.0420. The predicted octanol–water partition coefficient (Wildman–Crippen LogP) is 4.11. The number of aliphatic hydroxyl groups excluding tert-OH is 1. The highest BCUT2D eigenvalue weighted by Crippen LogP contribution is 2.28. The largest absolute Gasteiger partial charge is 0.466 e. The number of rotatable bonds is 9. The van der Waals surface area contributed by atoms with Crippen molar-refractivity contribution in [3.05, 3.63) is 35.9 Å². The first kappa shape index (κ1) is 38.8. The van der Waals surface area contributed by atoms with E-state index in [1.165, 1.54) is 0 Å². The maximum absolute atomic E-state index is 13.9. The van der Waals surface area contributed by atoms with Crippen molar-refractivity contribution in [2.45, 2.75) is 141 Å². The van der Waals surface area contributed by atoms with Crippen LogP contribution in [0, 0.1) is 11.8 Å². The van der Waals surface area contributed by atoms with Crippen molar-refractivity contribution in [2.75, 3.05) is 6.61 Å². The minimum Gasteiger partial charge on any atom is -0.466 e. The Balaban J connectivity index is 1.86. The summed E-state index contributed by atoms with van der Waals surface area (Å²) < 4.78 is 16.5. The van der Waals surface area contributed by atoms with Crippen LogP contribution in [-0.2, 0) is 39.8 Å². The number of benzene rings is 1. The summed E-state index contributed by atoms with van der Waals surface area (Å²) in [7, 11) is 0. The average Bonchev–Trinajstić information content (AvgIpc) is 3.01. The lowest BCUT2D eigenvalue weighted by molar-refractivity contribution is -0.164. The molecule has 0 spiro atoms. The van der Waals surface area contributed by atoms with Gasteiger partial charge < -0.3 is 35.3 Å². The first-order chi connectivity index (χ1) is 22.7. The minimum absolute atomic E-state index is 0.0194. The first-order valence-corrected chi connectivity index (χ1v) is 17.4. The Morgan fingerprint density at radius 2 is 1.71 bits per heavy atom. The van der Waals surface area contributed by atoms with Gasteiger partial charge in [-0.3, -0.25) is 14.4 Å². The number of ether oxygens (including phenoxy) is 3. The summed E-state index contributed by atoms with van der Waals surface area (Å²) in [6.45, 7) is 8.91. The van der Waals surface area contributed by atoms with E-state index in [9.17, 15) is 29.1 Å². The maximum Gasteiger partial charge on any atom is 0.408 e. The summed E-state index contributed by atoms with van der Waals surface area (Å²) in [6.07, 6.45) is 3.08. The molecule has 0 bridgehead atoms. The van der Waals surface area contributed by atoms with Crippen molar-refractivity contribution >= 4 is 29.8 Å². The van der Waals surface area contributed by atoms with Gasteiger partial charge in [0.2, 0.25) is 11.8 Å². The van der Waals surface area contributed by atoms with Gasteiger partial charge in [0, 0.05) is 19.3 Å². The lowest BCUT2D eigenvalue weighted by Gasteiger charge is -2.32. The monoisotopic (exact) mass is 673 g/mol. The van der Waals surface area contributed by atoms with E-state index in [1.807, 2.05) is 44.2 Å². The van der Waals surface area contributed by atoms with Crippen LogP contribution in [-0.4, -0.2) is 77.5 Å². The van der Waals surface area contributed by atoms with Gasteiger partial charge in [-0.15, -0.1) is 0 Å². The molecular weight excluding hydrogens is 618 g/mol. The Labute approximate surface area is 284 Å². The van der Waals surface area contributed by atoms with Gasteiger partial charge >= 0.3 is 18.0 Å². The number of carbonyl (C=O) groups excluding carboxylic acids is 5. The van der Waals surface area contributed by atoms with E-state index >= 15 is 0 Å². The number of hydrogen-bond acceptors (Lipinski definition) is 9. The third-order valence-corrected chi connectivity index (χ3v) is 8.54. The molecule has 268 valence electrons. The molecule has 3 amide bonds. The quantitative estimate of drug-likeness (QED) is 0.223. The number of carbonyl (C=O) groups is 5. The summed E-state index contributed by atoms with van der Waals surface area (Å²) in [5.74, 6) is -2.34. The van der Waals surface area contributed by atoms with E-state index in [2.05, 4.69) is 16.0 Å². The molecule has 1 aromatic rings. The number of hydrogen-bond donors (Lipinski definition) is 4. The molecule has 12 heteroatoms. The number of aliphatic hydroxyl groups is 1. The molecule has 12 nitrogen and oxygen atoms in total. The molecular formula is C36H55N3O9. The highest BCUT2D eigenvalue weighted by molar-refractivity contribution is 5.92. The molecule has 1 unspecified atom stereocenters. The molecule has 1 aromatic carbocycles. The van der Waals surface area contributed by atoms with Crippen LogP contribution in [0.4, 0.5) is 4.79 Å². The maximum atomic E-state index is 13.9. The molecule has 0 radical (unpaired) electrons. The standard InChI is InChI=1S/C36H55N3O9/c1-23(2)20-26-16-17-30(40)46-19-18-27(32(42)38-28(31(41)34(44)47-26)21-24-12-8-6-9-13-24)37-33(43)29(22-25-14-10-7-11-15-25)39-35(45)48-36(3,4)5/h7,10-11,14-15,23-24,26-29,31,41H,6,8-9,12-13,16-22H2,1-5H3,(H,37,43)(H,38,42)(H,39,45)/t26?,27-,28-,29-,31+/m0/s1. The number of nitrogens with one attached hydrogen (secondary N) is 3. The van der Waals surface area contributed by atoms with Crippen LogP contribution in [0.1, 0.15) is 104 Å². The summed E-state index contributed by atoms with van der Waals surface area (Å²) >= 11 is 0. The molecule has 1 saturated heterocycles. The van der Waals surface area contributed by atoms with E-state index in [4.69, 9.17) is 14.2 Å². The number of esters is 2. The summed E-state index contributed by atoms with van der Waals surface area (Å²) in [5, 5.41) is 19.4. The van der Waals surface area contributed by atoms with Gasteiger partial charge in [0.15, 0.2) is 6.10 Å². The van der Waals surface area contributed by atoms with Crippen LogP contribution < -0.4 is 16.0 Å². The van der Waals surface area contributed by atoms with E-state index in [1.54, 1.807) is 20.8 Å². The Morgan fingerprint density at radius 3 is 2.35 bits per heavy atom. The van der Waals surface area contributed by atoms with Crippen molar-refractivity contribution in [1.82, 2.24) is 16.0 Å². The molecule has 1 saturated carbocycles. The zero-order valence-electron chi connectivity index (χ0n) is 29.1. The van der Waals surface area contributed by atoms with Gasteiger partial charge in [0.25, 0.3) is 0 Å². The van der Waals surface area contributed by atoms with Gasteiger partial charge in [-0.2, -0.15) is 0 Å². The van der Waals surface area contributed by atoms with Crippen molar-refractivity contribution in [3.8, 4) is 0 Å². The molecule has 1 aliphatic carbocycles. The summed E-state index contributed by atoms with van der Waals surface area (Å²) in [6, 6.07) is 5.80. The molecule has 5 atom stereocenters. The average molecular weight is 674 g/mol. The van der Waals surface area contributed by atoms with Crippen molar-refractivity contribution in [3.63, 3.8) is 0 Å². The Kier molecular flexibility index (Phi) is 15.2. The van der Waals surface area contributed by atoms with Crippen LogP contribution in [0.15, 0.2) is 30.3 Å². The fourth-order valence-corrected chi connectivity index (χ4v) is 6.17. The predicted molar refractivity (Wildman–Crippen MR) is 179 cm³/mol. The van der Waals surface area contributed by atoms with Gasteiger partial charge in [0.1, 0.15) is 23.8 Å². The lowest BCUT2D eigenvalue weighted by Crippen LogP contribution is -2.58. The van der Waals surface area contributed by atoms with Crippen LogP contribution in [0.25, 0.3) is 0 Å². The number of alkyl carbamates (subject to hydrolysis) is 1. The van der Waals surface area contributed by atoms with E-state index < -0.39 is 65.8 Å². The van der Waals surface area contributed by atoms with Gasteiger partial charge in [0.05, 0.1) is 12.6 Å². The van der Waals surface area contributed by atoms with Crippen molar-refractivity contribution < 1.29 is 43.3 Å². The van der Waals surface area contributed by atoms with Crippen molar-refractivity contribution in [2.24, 2.45) is 11.8 Å². The van der Waals surface area contributed by atoms with E-state index in [0.29, 0.717) is 12.8 Å². The van der Waals surface area contributed by atoms with Gasteiger partial charge in [-0.1, -0.05) is 76.3 Å². The van der Waals surface area contributed by atoms with Crippen molar-refractivity contribution in [1.29, 1.82) is 0 Å². The normalized spacial score (nSPS) is 24.4. The smallest absolute Gasteiger partial charge is 0.408 e. The molecule has 1 aliphatic heterocycles. The highest BCUT2D eigenvalue weighted by atomic mass is 16.6. The second-order valence-corrected chi connectivity index (χ2v) is 14.5. The Hall–Kier alpha value is -3.67. The zero-order chi connectivity index (χ0) is 35.3. The van der Waals surface area contributed by atoms with Gasteiger partial charge in [-0.05, 0) is 57.4 Å². The molecule has 0 aromatic heterocycles. The third-order valence-electron chi connectivity index (χ3n) is 8.54. The van der Waals surface area contributed by atoms with Crippen LogP contribution >= 0.6 is 0 Å². The topological polar surface area (TPSA) is 169 Å². The van der Waals surface area contributed by atoms with Gasteiger partial charge in [-0.25, -0.2) is 9.59 Å². The van der Waals surface area contributed by atoms with Crippen LogP contribution in [0.5, 0.6) is 0 Å². The molecule has 48 heavy (non-hydrogen) atoms. The van der Waals surface area contributed by atoms with E-state index in [-0.39, 0.29) is 44.1 Å². The lowest BCUT2D eigenvalue weighted by atomic mass is 9.83. The SMILES string of the molecule is CC(C)CC1CCC(=O)OCC[C@H](NC(=O)[C@H](Cc2ccccc2)NC(=O)OC(C)(C)C)C(=O)N[C@@H](CC2CCCCC2)[C@@H](O)C(=O)O1. The number of cyclic esters (lactones) is 2. The fraction of sp³-hybridized carbons (Fsp3) is 0.694. The number of amides is 3. The highest BCUT2D eigenvalue weighted by Gasteiger charge is 2.36. The molecule has 2 aliphatic rings. The fourth-order valence-electron chi connectivity index (χ4n) is 6.17.